The molecule has 2 fully saturated rings. The second-order valence-corrected chi connectivity index (χ2v) is 42.9. The van der Waals surface area contributed by atoms with E-state index < -0.39 is 59.5 Å². The quantitative estimate of drug-likeness (QED) is 0.0134. The molecule has 13 aromatic carbocycles. The molecule has 15 aromatic rings. The van der Waals surface area contributed by atoms with Gasteiger partial charge in [-0.15, -0.1) is 0 Å². The molecule has 0 N–H and O–H groups in total. The molecule has 2 aliphatic carbocycles. The van der Waals surface area contributed by atoms with Gasteiger partial charge in [0.2, 0.25) is 11.8 Å². The van der Waals surface area contributed by atoms with Crippen LogP contribution >= 0.6 is 23.2 Å². The largest absolute Gasteiger partial charge is 0.460 e. The van der Waals surface area contributed by atoms with Gasteiger partial charge in [0, 0.05) is 77.7 Å². The van der Waals surface area contributed by atoms with Gasteiger partial charge in [0.15, 0.2) is 0 Å². The SMILES string of the molecule is C=C(Cl)C(=O)OCCN(CC1CCCC1)C(=O)C(CCc1cccc2c1oc1ccccc12)N1C(=O)c2cc(Oc3ccc(C(C)(C)C)cc3)c3c4c(Oc5ccc(C(C)(C)C)cc5)cc5c6c(cc(Oc7ccc(C(C)(C)C)cc7)c(c7c(Oc8ccc(C(C)(C)C)cc8)cc(c2c37)C1=O)c64)C(=O)N(C(CCc1cccc2c1oc1ccccc12)C(=O)N(CCOC(=O)C(=C)Cl)CC1CCCC1)C5=O. The van der Waals surface area contributed by atoms with Gasteiger partial charge >= 0.3 is 11.9 Å². The minimum absolute atomic E-state index is 0.0114. The first-order chi connectivity index (χ1) is 66.9. The van der Waals surface area contributed by atoms with E-state index in [4.69, 9.17) is 60.5 Å². The van der Waals surface area contributed by atoms with Gasteiger partial charge in [0.25, 0.3) is 23.6 Å². The summed E-state index contributed by atoms with van der Waals surface area (Å²) in [6.45, 7) is 32.0. The first-order valence-electron chi connectivity index (χ1n) is 48.6. The summed E-state index contributed by atoms with van der Waals surface area (Å²) < 4.78 is 55.2. The van der Waals surface area contributed by atoms with Gasteiger partial charge < -0.3 is 47.1 Å². The van der Waals surface area contributed by atoms with Crippen molar-refractivity contribution in [3.63, 3.8) is 0 Å². The predicted molar refractivity (Wildman–Crippen MR) is 550 cm³/mol. The lowest BCUT2D eigenvalue weighted by Gasteiger charge is -2.38. The van der Waals surface area contributed by atoms with E-state index in [1.54, 1.807) is 34.1 Å². The van der Waals surface area contributed by atoms with Crippen molar-refractivity contribution in [1.82, 2.24) is 19.6 Å². The van der Waals surface area contributed by atoms with Gasteiger partial charge in [-0.05, 0) is 203 Å². The fourth-order valence-corrected chi connectivity index (χ4v) is 21.1. The van der Waals surface area contributed by atoms with Gasteiger partial charge in [0.05, 0.1) is 35.3 Å². The molecule has 140 heavy (non-hydrogen) atoms. The highest BCUT2D eigenvalue weighted by Gasteiger charge is 2.49. The Labute approximate surface area is 823 Å². The van der Waals surface area contributed by atoms with Crippen molar-refractivity contribution in [2.75, 3.05) is 39.4 Å². The summed E-state index contributed by atoms with van der Waals surface area (Å²) in [5.41, 5.74) is 6.21. The first kappa shape index (κ1) is 95.1. The summed E-state index contributed by atoms with van der Waals surface area (Å²) in [6, 6.07) is 60.9. The zero-order valence-electron chi connectivity index (χ0n) is 81.2. The number of hydrogen-bond acceptors (Lipinski definition) is 16. The van der Waals surface area contributed by atoms with Crippen molar-refractivity contribution < 1.29 is 75.6 Å². The van der Waals surface area contributed by atoms with Gasteiger partial charge in [-0.3, -0.25) is 38.6 Å². The van der Waals surface area contributed by atoms with Crippen molar-refractivity contribution >= 4 is 158 Å². The fourth-order valence-electron chi connectivity index (χ4n) is 21.0. The van der Waals surface area contributed by atoms with Gasteiger partial charge in [0.1, 0.15) is 104 Å². The molecule has 2 aromatic heterocycles. The molecular weight excluding hydrogens is 1800 g/mol. The molecule has 2 unspecified atom stereocenters. The summed E-state index contributed by atoms with van der Waals surface area (Å²) in [7, 11) is 0. The Balaban J connectivity index is 0.906. The van der Waals surface area contributed by atoms with Crippen LogP contribution in [0.15, 0.2) is 238 Å². The van der Waals surface area contributed by atoms with Crippen LogP contribution in [-0.4, -0.2) is 118 Å². The molecule has 0 radical (unpaired) electrons. The molecule has 19 rings (SSSR count). The lowest BCUT2D eigenvalue weighted by atomic mass is 9.80. The highest BCUT2D eigenvalue weighted by atomic mass is 35.5. The molecule has 2 atom stereocenters. The van der Waals surface area contributed by atoms with E-state index in [2.05, 4.69) is 96.2 Å². The number of nitrogens with zero attached hydrogens (tertiary/aromatic N) is 4. The number of imide groups is 2. The van der Waals surface area contributed by atoms with Crippen LogP contribution in [0.1, 0.15) is 222 Å². The molecule has 0 bridgehead atoms. The van der Waals surface area contributed by atoms with E-state index in [-0.39, 0.29) is 197 Å². The lowest BCUT2D eigenvalue weighted by Crippen LogP contribution is -2.56. The Kier molecular flexibility index (Phi) is 25.6. The van der Waals surface area contributed by atoms with Crippen LogP contribution in [0.3, 0.4) is 0 Å². The van der Waals surface area contributed by atoms with E-state index in [1.807, 2.05) is 182 Å². The van der Waals surface area contributed by atoms with Crippen LogP contribution in [-0.2, 0) is 63.2 Å². The van der Waals surface area contributed by atoms with Crippen LogP contribution < -0.4 is 18.9 Å². The summed E-state index contributed by atoms with van der Waals surface area (Å²) in [4.78, 5) is 136. The Morgan fingerprint density at radius 3 is 0.929 bits per heavy atom. The van der Waals surface area contributed by atoms with Crippen LogP contribution in [0.2, 0.25) is 0 Å². The van der Waals surface area contributed by atoms with Crippen molar-refractivity contribution in [2.45, 2.75) is 194 Å². The Hall–Kier alpha value is -13.8. The molecule has 4 heterocycles. The highest BCUT2D eigenvalue weighted by molar-refractivity contribution is 6.45. The van der Waals surface area contributed by atoms with E-state index in [1.165, 1.54) is 0 Å². The fraction of sp³-hybridized carbons (Fsp3) is 0.322. The first-order valence-corrected chi connectivity index (χ1v) is 49.3. The number of hydrogen-bond donors (Lipinski definition) is 0. The van der Waals surface area contributed by atoms with Crippen LogP contribution in [0, 0.1) is 11.8 Å². The Bertz CT molecular complexity index is 6830. The van der Waals surface area contributed by atoms with Crippen LogP contribution in [0.4, 0.5) is 0 Å². The molecule has 0 saturated heterocycles. The maximum Gasteiger partial charge on any atom is 0.349 e. The third-order valence-corrected chi connectivity index (χ3v) is 28.8. The number of ether oxygens (including phenoxy) is 6. The van der Waals surface area contributed by atoms with Crippen molar-refractivity contribution in [3.8, 4) is 46.0 Å². The number of carbonyl (C=O) groups excluding carboxylic acids is 8. The predicted octanol–water partition coefficient (Wildman–Crippen LogP) is 27.7. The summed E-state index contributed by atoms with van der Waals surface area (Å²) in [6.07, 6.45) is 6.80. The van der Waals surface area contributed by atoms with E-state index in [9.17, 15) is 9.59 Å². The van der Waals surface area contributed by atoms with E-state index in [0.717, 1.165) is 105 Å². The second kappa shape index (κ2) is 37.7. The molecule has 22 heteroatoms. The minimum atomic E-state index is -1.58. The number of aryl methyl sites for hydroxylation is 2. The zero-order chi connectivity index (χ0) is 98.4. The molecule has 0 spiro atoms. The normalized spacial score (nSPS) is 14.9. The summed E-state index contributed by atoms with van der Waals surface area (Å²) in [5.74, 6) is -4.93. The lowest BCUT2D eigenvalue weighted by molar-refractivity contribution is -0.143. The van der Waals surface area contributed by atoms with Crippen molar-refractivity contribution in [1.29, 1.82) is 0 Å². The number of fused-ring (bicyclic) bond motifs is 8. The second-order valence-electron chi connectivity index (χ2n) is 42.0. The standard InChI is InChI=1S/C118H114Cl2N4O16/c1-67(119)113(131)133-59-57-121(65-69-25-15-16-26-69)111(129)89(55-37-71-29-23-33-83-81-31-19-21-35-91(81)139-105(71)83)123-107(125)85-61-93(135-77-47-39-73(40-48-77)115(3,4)5)99-101-95(137-79-51-43-75(44-52-79)117(9,10)11)63-87-98-88(64-96(138-80-53-45-76(46-54-80)118(12,13)14)102(104(98)101)100-94(62-86(108(123)126)97(85)103(99)100)136-78-49-41-74(42-50-78)116(6,7)8)110(128)124(109(87)127)90(56-38-72-30-24-34-84-82-32-20-22-36-92(82)140-106(72)84)112(130)122(66-70-27-17-18-28-70)58-60-134-114(132)68(2)120/h19-24,29-36,39-54,61-64,69-70,89-90H,1-2,15-18,25-28,37-38,55-60,65-66H2,3-14H3. The van der Waals surface area contributed by atoms with Gasteiger partial charge in [-0.25, -0.2) is 9.59 Å². The molecule has 6 amide bonds. The molecule has 4 aliphatic rings. The maximum atomic E-state index is 17.6. The van der Waals surface area contributed by atoms with E-state index in [0.29, 0.717) is 56.5 Å². The number of furan rings is 2. The average molecular weight is 1920 g/mol. The molecule has 2 saturated carbocycles. The number of carbonyl (C=O) groups is 8. The molecular formula is C118H114Cl2N4O16. The number of rotatable bonds is 30. The third kappa shape index (κ3) is 18.4. The molecule has 2 aliphatic heterocycles. The van der Waals surface area contributed by atoms with Crippen molar-refractivity contribution in [2.24, 2.45) is 11.8 Å². The number of para-hydroxylation sites is 4. The number of amides is 6. The Morgan fingerprint density at radius 1 is 0.371 bits per heavy atom. The monoisotopic (exact) mass is 1910 g/mol. The number of halogens is 2. The van der Waals surface area contributed by atoms with Crippen LogP contribution in [0.5, 0.6) is 46.0 Å². The maximum absolute atomic E-state index is 17.6. The van der Waals surface area contributed by atoms with Gasteiger partial charge in [-0.2, -0.15) is 0 Å². The third-order valence-electron chi connectivity index (χ3n) is 28.5. The average Bonchev–Trinajstić information content (AvgIpc) is 1.12. The summed E-state index contributed by atoms with van der Waals surface area (Å²) >= 11 is 12.3. The zero-order valence-corrected chi connectivity index (χ0v) is 82.7. The highest BCUT2D eigenvalue weighted by Crippen LogP contribution is 2.59. The smallest absolute Gasteiger partial charge is 0.349 e. The Morgan fingerprint density at radius 2 is 0.650 bits per heavy atom. The molecule has 716 valence electrons. The van der Waals surface area contributed by atoms with Gasteiger partial charge in [-0.1, -0.05) is 266 Å². The van der Waals surface area contributed by atoms with E-state index >= 15 is 28.8 Å². The summed E-state index contributed by atoms with van der Waals surface area (Å²) in [5, 5.41) is 4.38. The topological polar surface area (TPSA) is 231 Å². The van der Waals surface area contributed by atoms with Crippen LogP contribution in [0.25, 0.3) is 87.0 Å². The van der Waals surface area contributed by atoms with Crippen molar-refractivity contribution in [3.05, 3.63) is 285 Å². The minimum Gasteiger partial charge on any atom is -0.460 e. The number of esters is 2. The molecule has 20 nitrogen and oxygen atoms in total. The number of benzene rings is 13.